The molecule has 0 saturated heterocycles. The molecular formula is C17H19NO2S2. The minimum atomic E-state index is 0.0748. The van der Waals surface area contributed by atoms with Gasteiger partial charge in [0.05, 0.1) is 12.4 Å². The van der Waals surface area contributed by atoms with Crippen molar-refractivity contribution in [2.75, 3.05) is 12.3 Å². The van der Waals surface area contributed by atoms with Gasteiger partial charge in [0.1, 0.15) is 0 Å². The number of benzene rings is 1. The van der Waals surface area contributed by atoms with Gasteiger partial charge in [0.2, 0.25) is 5.91 Å². The molecule has 0 atom stereocenters. The van der Waals surface area contributed by atoms with Gasteiger partial charge in [0.15, 0.2) is 0 Å². The normalized spacial score (nSPS) is 14.0. The van der Waals surface area contributed by atoms with E-state index in [9.17, 15) is 4.79 Å². The average Bonchev–Trinajstić information content (AvgIpc) is 3.03. The Morgan fingerprint density at radius 2 is 2.00 bits per heavy atom. The molecular weight excluding hydrogens is 314 g/mol. The second-order valence-electron chi connectivity index (χ2n) is 5.40. The molecule has 0 unspecified atom stereocenters. The standard InChI is InChI=1S/C17H19NO2S2/c19-10-13-1-3-14(4-2-13)11-21-12-17(20)18-7-5-16-15(9-18)6-8-22-16/h1-4,6,8,19H,5,7,9-12H2. The molecule has 2 heterocycles. The Morgan fingerprint density at radius 3 is 2.77 bits per heavy atom. The molecule has 22 heavy (non-hydrogen) atoms. The highest BCUT2D eigenvalue weighted by molar-refractivity contribution is 7.99. The summed E-state index contributed by atoms with van der Waals surface area (Å²) in [5.41, 5.74) is 3.42. The first-order valence-electron chi connectivity index (χ1n) is 7.35. The molecule has 0 fully saturated rings. The van der Waals surface area contributed by atoms with E-state index in [1.165, 1.54) is 16.0 Å². The largest absolute Gasteiger partial charge is 0.392 e. The fourth-order valence-corrected chi connectivity index (χ4v) is 4.33. The molecule has 116 valence electrons. The third-order valence-corrected chi connectivity index (χ3v) is 5.87. The number of thioether (sulfide) groups is 1. The lowest BCUT2D eigenvalue weighted by Gasteiger charge is -2.27. The molecule has 3 nitrogen and oxygen atoms in total. The zero-order chi connectivity index (χ0) is 15.4. The molecule has 1 aromatic carbocycles. The minimum Gasteiger partial charge on any atom is -0.392 e. The van der Waals surface area contributed by atoms with Gasteiger partial charge in [-0.2, -0.15) is 0 Å². The summed E-state index contributed by atoms with van der Waals surface area (Å²) in [6.45, 7) is 1.69. The molecule has 1 amide bonds. The second-order valence-corrected chi connectivity index (χ2v) is 7.39. The third-order valence-electron chi connectivity index (χ3n) is 3.86. The van der Waals surface area contributed by atoms with Gasteiger partial charge >= 0.3 is 0 Å². The van der Waals surface area contributed by atoms with E-state index in [1.54, 1.807) is 23.1 Å². The Kier molecular flexibility index (Phi) is 5.18. The van der Waals surface area contributed by atoms with Gasteiger partial charge in [0, 0.05) is 23.7 Å². The zero-order valence-electron chi connectivity index (χ0n) is 12.3. The first kappa shape index (κ1) is 15.6. The number of aliphatic hydroxyl groups is 1. The van der Waals surface area contributed by atoms with Crippen LogP contribution in [0.5, 0.6) is 0 Å². The number of carbonyl (C=O) groups is 1. The number of hydrogen-bond acceptors (Lipinski definition) is 4. The molecule has 1 N–H and O–H groups in total. The fraction of sp³-hybridized carbons (Fsp3) is 0.353. The van der Waals surface area contributed by atoms with Gasteiger partial charge in [0.25, 0.3) is 0 Å². The van der Waals surface area contributed by atoms with Crippen LogP contribution in [0.4, 0.5) is 0 Å². The van der Waals surface area contributed by atoms with Gasteiger partial charge in [-0.05, 0) is 34.6 Å². The number of thiophene rings is 1. The summed E-state index contributed by atoms with van der Waals surface area (Å²) in [7, 11) is 0. The van der Waals surface area contributed by atoms with Crippen LogP contribution < -0.4 is 0 Å². The number of rotatable bonds is 5. The molecule has 1 aromatic heterocycles. The predicted molar refractivity (Wildman–Crippen MR) is 92.0 cm³/mol. The van der Waals surface area contributed by atoms with Crippen LogP contribution in [0.25, 0.3) is 0 Å². The highest BCUT2D eigenvalue weighted by Crippen LogP contribution is 2.24. The van der Waals surface area contributed by atoms with Crippen LogP contribution in [-0.4, -0.2) is 28.2 Å². The first-order chi connectivity index (χ1) is 10.8. The summed E-state index contributed by atoms with van der Waals surface area (Å²) in [6, 6.07) is 10.0. The van der Waals surface area contributed by atoms with Crippen LogP contribution in [0.15, 0.2) is 35.7 Å². The maximum absolute atomic E-state index is 12.3. The van der Waals surface area contributed by atoms with Crippen LogP contribution in [0, 0.1) is 0 Å². The SMILES string of the molecule is O=C(CSCc1ccc(CO)cc1)N1CCc2sccc2C1. The van der Waals surface area contributed by atoms with E-state index in [4.69, 9.17) is 5.11 Å². The van der Waals surface area contributed by atoms with Crippen molar-refractivity contribution < 1.29 is 9.90 Å². The maximum atomic E-state index is 12.3. The predicted octanol–water partition coefficient (Wildman–Crippen LogP) is 3.06. The van der Waals surface area contributed by atoms with Crippen LogP contribution in [-0.2, 0) is 30.1 Å². The number of aliphatic hydroxyl groups excluding tert-OH is 1. The Bertz CT molecular complexity index is 636. The van der Waals surface area contributed by atoms with Crippen molar-refractivity contribution in [2.24, 2.45) is 0 Å². The zero-order valence-corrected chi connectivity index (χ0v) is 14.0. The topological polar surface area (TPSA) is 40.5 Å². The van der Waals surface area contributed by atoms with Crippen molar-refractivity contribution >= 4 is 29.0 Å². The van der Waals surface area contributed by atoms with Crippen molar-refractivity contribution in [3.05, 3.63) is 57.3 Å². The van der Waals surface area contributed by atoms with E-state index in [2.05, 4.69) is 11.4 Å². The fourth-order valence-electron chi connectivity index (χ4n) is 2.55. The summed E-state index contributed by atoms with van der Waals surface area (Å²) in [4.78, 5) is 15.7. The lowest BCUT2D eigenvalue weighted by molar-refractivity contribution is -0.129. The number of fused-ring (bicyclic) bond motifs is 1. The van der Waals surface area contributed by atoms with Crippen molar-refractivity contribution in [1.82, 2.24) is 4.90 Å². The maximum Gasteiger partial charge on any atom is 0.232 e. The molecule has 1 aliphatic heterocycles. The smallest absolute Gasteiger partial charge is 0.232 e. The number of carbonyl (C=O) groups excluding carboxylic acids is 1. The molecule has 3 rings (SSSR count). The Labute approximate surface area is 139 Å². The summed E-state index contributed by atoms with van der Waals surface area (Å²) < 4.78 is 0. The van der Waals surface area contributed by atoms with E-state index in [-0.39, 0.29) is 12.5 Å². The van der Waals surface area contributed by atoms with Gasteiger partial charge < -0.3 is 10.0 Å². The first-order valence-corrected chi connectivity index (χ1v) is 9.39. The second kappa shape index (κ2) is 7.31. The Hall–Kier alpha value is -1.30. The molecule has 0 aliphatic carbocycles. The Morgan fingerprint density at radius 1 is 1.23 bits per heavy atom. The van der Waals surface area contributed by atoms with Crippen LogP contribution in [0.1, 0.15) is 21.6 Å². The molecule has 0 bridgehead atoms. The van der Waals surface area contributed by atoms with Crippen LogP contribution in [0.3, 0.4) is 0 Å². The van der Waals surface area contributed by atoms with Crippen LogP contribution >= 0.6 is 23.1 Å². The monoisotopic (exact) mass is 333 g/mol. The highest BCUT2D eigenvalue weighted by atomic mass is 32.2. The number of nitrogens with zero attached hydrogens (tertiary/aromatic N) is 1. The van der Waals surface area contributed by atoms with Gasteiger partial charge in [-0.3, -0.25) is 4.79 Å². The summed E-state index contributed by atoms with van der Waals surface area (Å²) >= 11 is 3.45. The molecule has 1 aliphatic rings. The van der Waals surface area contributed by atoms with Gasteiger partial charge in [-0.25, -0.2) is 0 Å². The van der Waals surface area contributed by atoms with Crippen LogP contribution in [0.2, 0.25) is 0 Å². The van der Waals surface area contributed by atoms with E-state index < -0.39 is 0 Å². The van der Waals surface area contributed by atoms with E-state index >= 15 is 0 Å². The van der Waals surface area contributed by atoms with Crippen molar-refractivity contribution in [3.63, 3.8) is 0 Å². The minimum absolute atomic E-state index is 0.0748. The van der Waals surface area contributed by atoms with E-state index in [1.807, 2.05) is 29.2 Å². The quantitative estimate of drug-likeness (QED) is 0.914. The molecule has 0 saturated carbocycles. The summed E-state index contributed by atoms with van der Waals surface area (Å²) in [6.07, 6.45) is 0.992. The molecule has 0 spiro atoms. The number of amides is 1. The van der Waals surface area contributed by atoms with E-state index in [0.29, 0.717) is 5.75 Å². The lowest BCUT2D eigenvalue weighted by Crippen LogP contribution is -2.36. The summed E-state index contributed by atoms with van der Waals surface area (Å²) in [5.74, 6) is 1.59. The van der Waals surface area contributed by atoms with Crippen molar-refractivity contribution in [1.29, 1.82) is 0 Å². The van der Waals surface area contributed by atoms with Gasteiger partial charge in [-0.1, -0.05) is 24.3 Å². The summed E-state index contributed by atoms with van der Waals surface area (Å²) in [5, 5.41) is 11.1. The van der Waals surface area contributed by atoms with E-state index in [0.717, 1.165) is 30.8 Å². The average molecular weight is 333 g/mol. The third kappa shape index (κ3) is 3.72. The lowest BCUT2D eigenvalue weighted by atomic mass is 10.1. The molecule has 5 heteroatoms. The Balaban J connectivity index is 1.46. The number of hydrogen-bond donors (Lipinski definition) is 1. The van der Waals surface area contributed by atoms with Crippen molar-refractivity contribution in [2.45, 2.75) is 25.3 Å². The molecule has 0 radical (unpaired) electrons. The van der Waals surface area contributed by atoms with Crippen molar-refractivity contribution in [3.8, 4) is 0 Å². The van der Waals surface area contributed by atoms with Gasteiger partial charge in [-0.15, -0.1) is 23.1 Å². The molecule has 2 aromatic rings. The highest BCUT2D eigenvalue weighted by Gasteiger charge is 2.21.